The smallest absolute Gasteiger partial charge is 0.338 e. The number of carbonyl (C=O) groups excluding carboxylic acids is 2. The van der Waals surface area contributed by atoms with Crippen molar-refractivity contribution >= 4 is 11.8 Å². The van der Waals surface area contributed by atoms with Crippen LogP contribution >= 0.6 is 0 Å². The summed E-state index contributed by atoms with van der Waals surface area (Å²) in [6, 6.07) is 8.46. The van der Waals surface area contributed by atoms with Gasteiger partial charge in [-0.25, -0.2) is 4.79 Å². The van der Waals surface area contributed by atoms with Crippen LogP contribution in [-0.4, -0.2) is 152 Å². The van der Waals surface area contributed by atoms with Gasteiger partial charge in [0.25, 0.3) is 0 Å². The molecule has 3 saturated heterocycles. The number of hydrogen-bond donors (Lipinski definition) is 6. The predicted molar refractivity (Wildman–Crippen MR) is 222 cm³/mol. The summed E-state index contributed by atoms with van der Waals surface area (Å²) in [5.74, 6) is -1.79. The van der Waals surface area contributed by atoms with E-state index < -0.39 is 125 Å². The molecule has 20 unspecified atom stereocenters. The minimum Gasteiger partial charge on any atom is -0.458 e. The Morgan fingerprint density at radius 3 is 1.94 bits per heavy atom. The zero-order valence-electron chi connectivity index (χ0n) is 37.5. The summed E-state index contributed by atoms with van der Waals surface area (Å²) in [6.07, 6.45) is -5.93. The van der Waals surface area contributed by atoms with Crippen LogP contribution in [0.3, 0.4) is 0 Å². The van der Waals surface area contributed by atoms with Crippen LogP contribution in [0.2, 0.25) is 0 Å². The number of benzene rings is 1. The Bertz CT molecular complexity index is 1840. The minimum absolute atomic E-state index is 0.0556. The molecule has 1 aromatic carbocycles. The van der Waals surface area contributed by atoms with Crippen LogP contribution in [0.4, 0.5) is 0 Å². The number of fused-ring (bicyclic) bond motifs is 5. The first kappa shape index (κ1) is 47.1. The quantitative estimate of drug-likeness (QED) is 0.147. The van der Waals surface area contributed by atoms with Crippen molar-refractivity contribution in [3.63, 3.8) is 0 Å². The van der Waals surface area contributed by atoms with Gasteiger partial charge in [0, 0.05) is 32.3 Å². The highest BCUT2D eigenvalue weighted by atomic mass is 16.7. The minimum atomic E-state index is -2.04. The second kappa shape index (κ2) is 17.3. The summed E-state index contributed by atoms with van der Waals surface area (Å²) in [7, 11) is 1.52. The maximum Gasteiger partial charge on any atom is 0.338 e. The van der Waals surface area contributed by atoms with E-state index >= 15 is 0 Å². The summed E-state index contributed by atoms with van der Waals surface area (Å²) in [6.45, 7) is 10.2. The van der Waals surface area contributed by atoms with Crippen molar-refractivity contribution < 1.29 is 78.1 Å². The Morgan fingerprint density at radius 1 is 0.762 bits per heavy atom. The van der Waals surface area contributed by atoms with Gasteiger partial charge in [0.15, 0.2) is 24.7 Å². The molecule has 8 rings (SSSR count). The molecule has 16 heteroatoms. The van der Waals surface area contributed by atoms with Crippen LogP contribution in [0, 0.1) is 16.7 Å². The number of aliphatic hydroxyl groups is 6. The van der Waals surface area contributed by atoms with E-state index in [2.05, 4.69) is 6.92 Å². The molecule has 3 aliphatic heterocycles. The molecule has 6 N–H and O–H groups in total. The van der Waals surface area contributed by atoms with Crippen molar-refractivity contribution in [1.82, 2.24) is 0 Å². The highest BCUT2D eigenvalue weighted by Gasteiger charge is 2.81. The highest BCUT2D eigenvalue weighted by Crippen LogP contribution is 2.71. The van der Waals surface area contributed by atoms with Crippen molar-refractivity contribution in [3.05, 3.63) is 47.5 Å². The number of methoxy groups -OCH3 is 1. The molecule has 0 spiro atoms. The molecule has 0 amide bonds. The van der Waals surface area contributed by atoms with Crippen molar-refractivity contribution in [1.29, 1.82) is 0 Å². The molecule has 63 heavy (non-hydrogen) atoms. The molecule has 20 atom stereocenters. The van der Waals surface area contributed by atoms with Gasteiger partial charge in [-0.1, -0.05) is 36.8 Å². The molecule has 0 radical (unpaired) electrons. The van der Waals surface area contributed by atoms with Gasteiger partial charge in [-0.2, -0.15) is 0 Å². The zero-order valence-corrected chi connectivity index (χ0v) is 37.5. The summed E-state index contributed by atoms with van der Waals surface area (Å²) >= 11 is 0. The van der Waals surface area contributed by atoms with E-state index in [-0.39, 0.29) is 44.6 Å². The van der Waals surface area contributed by atoms with E-state index in [1.165, 1.54) is 14.0 Å². The highest BCUT2D eigenvalue weighted by molar-refractivity contribution is 5.90. The first-order chi connectivity index (χ1) is 29.7. The fraction of sp³-hybridized carbons (Fsp3) is 0.787. The molecule has 1 aromatic rings. The number of esters is 1. The number of ether oxygens (including phenoxy) is 8. The average molecular weight is 889 g/mol. The Labute approximate surface area is 369 Å². The van der Waals surface area contributed by atoms with E-state index in [0.717, 1.165) is 5.57 Å². The molecule has 352 valence electrons. The lowest BCUT2D eigenvalue weighted by molar-refractivity contribution is -0.336. The lowest BCUT2D eigenvalue weighted by atomic mass is 9.42. The summed E-state index contributed by atoms with van der Waals surface area (Å²) < 4.78 is 48.8. The molecular formula is C47H68O16. The normalized spacial score (nSPS) is 49.8. The number of hydrogen-bond acceptors (Lipinski definition) is 16. The van der Waals surface area contributed by atoms with Gasteiger partial charge in [0.1, 0.15) is 41.2 Å². The van der Waals surface area contributed by atoms with E-state index in [0.29, 0.717) is 31.2 Å². The first-order valence-electron chi connectivity index (χ1n) is 22.8. The van der Waals surface area contributed by atoms with E-state index in [1.54, 1.807) is 58.0 Å². The predicted octanol–water partition coefficient (Wildman–Crippen LogP) is 2.99. The third-order valence-electron chi connectivity index (χ3n) is 16.6. The molecule has 3 heterocycles. The van der Waals surface area contributed by atoms with Gasteiger partial charge < -0.3 is 68.5 Å². The van der Waals surface area contributed by atoms with Crippen LogP contribution < -0.4 is 0 Å². The number of rotatable bonds is 10. The molecule has 0 aromatic heterocycles. The zero-order chi connectivity index (χ0) is 45.4. The van der Waals surface area contributed by atoms with Gasteiger partial charge in [0.05, 0.1) is 53.7 Å². The first-order valence-corrected chi connectivity index (χ1v) is 22.8. The Balaban J connectivity index is 0.907. The summed E-state index contributed by atoms with van der Waals surface area (Å²) in [4.78, 5) is 26.9. The fourth-order valence-corrected chi connectivity index (χ4v) is 12.8. The summed E-state index contributed by atoms with van der Waals surface area (Å²) in [5, 5.41) is 70.6. The van der Waals surface area contributed by atoms with Crippen LogP contribution in [-0.2, 0) is 42.7 Å². The topological polar surface area (TPSA) is 229 Å². The van der Waals surface area contributed by atoms with Gasteiger partial charge in [-0.3, -0.25) is 4.79 Å². The second-order valence-electron chi connectivity index (χ2n) is 19.9. The lowest BCUT2D eigenvalue weighted by Crippen LogP contribution is -2.78. The Hall–Kier alpha value is -2.42. The molecule has 7 aliphatic rings. The lowest BCUT2D eigenvalue weighted by Gasteiger charge is -2.67. The molecule has 3 saturated carbocycles. The van der Waals surface area contributed by atoms with E-state index in [4.69, 9.17) is 37.9 Å². The maximum absolute atomic E-state index is 13.6. The maximum atomic E-state index is 13.6. The number of ketones is 1. The number of Topliss-reactive ketones (excluding diaryl/α,β-unsaturated/α-hetero) is 1. The third-order valence-corrected chi connectivity index (χ3v) is 16.6. The summed E-state index contributed by atoms with van der Waals surface area (Å²) in [5.41, 5.74) is -6.79. The second-order valence-corrected chi connectivity index (χ2v) is 19.9. The van der Waals surface area contributed by atoms with Crippen LogP contribution in [0.5, 0.6) is 0 Å². The molecular weight excluding hydrogens is 821 g/mol. The SMILES string of the molecule is COC1CC(OC2C(O)CC(OC3C(O)CC(OC4CCC5(C)C(=CCC6(O)C5CC(OC(=O)c5ccccc5)C5(C)C(O)(C(C)=O)CCC65O)C4)OC3C)OC2C)OC(C)C1O. The Kier molecular flexibility index (Phi) is 13.0. The van der Waals surface area contributed by atoms with Crippen molar-refractivity contribution in [2.75, 3.05) is 7.11 Å². The standard InChI is InChI=1S/C47H68O16/c1-24-39(51)33(56-7)22-38(57-24)63-41-26(3)59-37(21-32(41)50)62-40-25(2)58-36(20-31(40)49)60-30-14-15-43(5)29(19-30)13-16-46(54)34(43)23-35(61-42(52)28-11-9-8-10-12-28)44(6)45(53,27(4)48)17-18-47(44,46)55/h8-13,24-26,30-41,49-51,53-55H,14-23H2,1-7H3. The van der Waals surface area contributed by atoms with Crippen molar-refractivity contribution in [3.8, 4) is 0 Å². The molecule has 0 bridgehead atoms. The molecule has 6 fully saturated rings. The third kappa shape index (κ3) is 7.76. The Morgan fingerprint density at radius 2 is 1.35 bits per heavy atom. The van der Waals surface area contributed by atoms with Crippen LogP contribution in [0.25, 0.3) is 0 Å². The number of carbonyl (C=O) groups is 2. The molecule has 4 aliphatic carbocycles. The van der Waals surface area contributed by atoms with Gasteiger partial charge in [-0.15, -0.1) is 0 Å². The van der Waals surface area contributed by atoms with E-state index in [1.807, 2.05) is 6.08 Å². The van der Waals surface area contributed by atoms with Gasteiger partial charge in [-0.05, 0) is 97.1 Å². The monoisotopic (exact) mass is 888 g/mol. The van der Waals surface area contributed by atoms with Gasteiger partial charge >= 0.3 is 5.97 Å². The molecule has 16 nitrogen and oxygen atoms in total. The van der Waals surface area contributed by atoms with Crippen LogP contribution in [0.1, 0.15) is 116 Å². The largest absolute Gasteiger partial charge is 0.458 e. The fourth-order valence-electron chi connectivity index (χ4n) is 12.8. The average Bonchev–Trinajstić information content (AvgIpc) is 3.47. The van der Waals surface area contributed by atoms with Gasteiger partial charge in [0.2, 0.25) is 0 Å². The number of aliphatic hydroxyl groups excluding tert-OH is 3. The van der Waals surface area contributed by atoms with Crippen LogP contribution in [0.15, 0.2) is 42.0 Å². The van der Waals surface area contributed by atoms with E-state index in [9.17, 15) is 40.2 Å². The van der Waals surface area contributed by atoms with Crippen molar-refractivity contribution in [2.24, 2.45) is 16.7 Å². The van der Waals surface area contributed by atoms with Crippen molar-refractivity contribution in [2.45, 2.75) is 209 Å².